The molecule has 0 saturated heterocycles. The molecule has 0 radical (unpaired) electrons. The van der Waals surface area contributed by atoms with Crippen LogP contribution in [0.25, 0.3) is 0 Å². The zero-order valence-corrected chi connectivity index (χ0v) is 13.0. The van der Waals surface area contributed by atoms with E-state index in [2.05, 4.69) is 16.4 Å². The predicted molar refractivity (Wildman–Crippen MR) is 83.1 cm³/mol. The van der Waals surface area contributed by atoms with Crippen molar-refractivity contribution < 1.29 is 13.9 Å². The summed E-state index contributed by atoms with van der Waals surface area (Å²) in [6.45, 7) is 1.74. The van der Waals surface area contributed by atoms with Gasteiger partial charge in [0.25, 0.3) is 0 Å². The lowest BCUT2D eigenvalue weighted by Crippen LogP contribution is -2.22. The number of fused-ring (bicyclic) bond motifs is 1. The number of hydrogen-bond acceptors (Lipinski definition) is 7. The number of hydrogen-bond donors (Lipinski definition) is 2. The lowest BCUT2D eigenvalue weighted by Gasteiger charge is -2.23. The minimum Gasteiger partial charge on any atom is -0.497 e. The van der Waals surface area contributed by atoms with Crippen molar-refractivity contribution in [2.24, 2.45) is 5.73 Å². The molecule has 3 rings (SSSR count). The molecule has 7 nitrogen and oxygen atoms in total. The fourth-order valence-corrected chi connectivity index (χ4v) is 2.66. The van der Waals surface area contributed by atoms with Crippen LogP contribution in [0.3, 0.4) is 0 Å². The summed E-state index contributed by atoms with van der Waals surface area (Å²) in [6, 6.07) is 7.58. The van der Waals surface area contributed by atoms with E-state index in [0.717, 1.165) is 5.56 Å². The number of aryl methyl sites for hydroxylation is 1. The first-order valence-corrected chi connectivity index (χ1v) is 6.94. The molecule has 0 saturated carbocycles. The van der Waals surface area contributed by atoms with Gasteiger partial charge in [-0.25, -0.2) is 4.98 Å². The minimum absolute atomic E-state index is 0.253. The molecule has 7 heteroatoms. The first kappa shape index (κ1) is 14.8. The fraction of sp³-hybridized carbons (Fsp3) is 0.250. The molecule has 118 valence electrons. The van der Waals surface area contributed by atoms with Gasteiger partial charge in [-0.05, 0) is 17.7 Å². The number of nitrogens with one attached hydrogen (secondary N) is 1. The summed E-state index contributed by atoms with van der Waals surface area (Å²) in [6.07, 6.45) is 0. The molecule has 3 N–H and O–H groups in total. The Morgan fingerprint density at radius 2 is 1.91 bits per heavy atom. The molecule has 1 aromatic carbocycles. The Hall–Kier alpha value is -3.14. The second-order valence-electron chi connectivity index (χ2n) is 5.09. The van der Waals surface area contributed by atoms with Gasteiger partial charge in [-0.2, -0.15) is 5.26 Å². The van der Waals surface area contributed by atoms with E-state index in [1.807, 2.05) is 12.1 Å². The number of nitriles is 1. The Labute approximate surface area is 133 Å². The molecule has 23 heavy (non-hydrogen) atoms. The lowest BCUT2D eigenvalue weighted by molar-refractivity contribution is 0.393. The normalized spacial score (nSPS) is 16.3. The van der Waals surface area contributed by atoms with Crippen molar-refractivity contribution in [3.8, 4) is 17.6 Å². The molecule has 0 aliphatic carbocycles. The van der Waals surface area contributed by atoms with Crippen molar-refractivity contribution in [3.05, 3.63) is 46.7 Å². The number of ether oxygens (including phenoxy) is 2. The van der Waals surface area contributed by atoms with Gasteiger partial charge < -0.3 is 24.9 Å². The van der Waals surface area contributed by atoms with Gasteiger partial charge >= 0.3 is 0 Å². The molecule has 1 aliphatic rings. The SMILES string of the molecule is COc1cc(OC)cc(C2C(C#N)=C(N)Nc3oc(C)nc32)c1. The van der Waals surface area contributed by atoms with Gasteiger partial charge in [0.15, 0.2) is 5.89 Å². The maximum absolute atomic E-state index is 9.53. The van der Waals surface area contributed by atoms with Crippen LogP contribution in [0.1, 0.15) is 23.1 Å². The van der Waals surface area contributed by atoms with Gasteiger partial charge in [0.1, 0.15) is 23.0 Å². The van der Waals surface area contributed by atoms with E-state index < -0.39 is 5.92 Å². The number of aromatic nitrogens is 1. The van der Waals surface area contributed by atoms with Crippen LogP contribution in [-0.4, -0.2) is 19.2 Å². The monoisotopic (exact) mass is 312 g/mol. The number of oxazole rings is 1. The van der Waals surface area contributed by atoms with Crippen LogP contribution in [0.5, 0.6) is 11.5 Å². The molecule has 2 aromatic rings. The largest absolute Gasteiger partial charge is 0.497 e. The second-order valence-corrected chi connectivity index (χ2v) is 5.09. The third-order valence-electron chi connectivity index (χ3n) is 3.69. The molecule has 0 fully saturated rings. The van der Waals surface area contributed by atoms with Crippen LogP contribution in [0.2, 0.25) is 0 Å². The molecular weight excluding hydrogens is 296 g/mol. The highest BCUT2D eigenvalue weighted by Crippen LogP contribution is 2.42. The van der Waals surface area contributed by atoms with E-state index in [9.17, 15) is 5.26 Å². The Morgan fingerprint density at radius 1 is 1.26 bits per heavy atom. The van der Waals surface area contributed by atoms with E-state index in [-0.39, 0.29) is 5.82 Å². The smallest absolute Gasteiger partial charge is 0.223 e. The maximum Gasteiger partial charge on any atom is 0.223 e. The quantitative estimate of drug-likeness (QED) is 0.895. The number of methoxy groups -OCH3 is 2. The molecule has 0 spiro atoms. The number of nitrogens with zero attached hydrogens (tertiary/aromatic N) is 2. The minimum atomic E-state index is -0.447. The highest BCUT2D eigenvalue weighted by Gasteiger charge is 2.33. The number of allylic oxidation sites excluding steroid dienone is 1. The Bertz CT molecular complexity index is 810. The van der Waals surface area contributed by atoms with Crippen LogP contribution in [0.4, 0.5) is 5.88 Å². The van der Waals surface area contributed by atoms with Gasteiger partial charge in [-0.1, -0.05) is 0 Å². The Morgan fingerprint density at radius 3 is 2.48 bits per heavy atom. The van der Waals surface area contributed by atoms with Crippen LogP contribution in [-0.2, 0) is 0 Å². The highest BCUT2D eigenvalue weighted by atomic mass is 16.5. The predicted octanol–water partition coefficient (Wildman–Crippen LogP) is 2.25. The third kappa shape index (κ3) is 2.44. The second kappa shape index (κ2) is 5.57. The highest BCUT2D eigenvalue weighted by molar-refractivity contribution is 5.62. The summed E-state index contributed by atoms with van der Waals surface area (Å²) in [7, 11) is 3.14. The standard InChI is InChI=1S/C16H16N4O3/c1-8-19-14-13(12(7-17)15(18)20-16(14)23-8)9-4-10(21-2)6-11(5-9)22-3/h4-6,13,20H,18H2,1-3H3. The van der Waals surface area contributed by atoms with Crippen molar-refractivity contribution in [3.63, 3.8) is 0 Å². The van der Waals surface area contributed by atoms with Crippen LogP contribution in [0, 0.1) is 18.3 Å². The van der Waals surface area contributed by atoms with Gasteiger partial charge in [0.2, 0.25) is 5.88 Å². The zero-order valence-electron chi connectivity index (χ0n) is 13.0. The molecular formula is C16H16N4O3. The average Bonchev–Trinajstić information content (AvgIpc) is 2.92. The number of nitrogens with two attached hydrogens (primary N) is 1. The van der Waals surface area contributed by atoms with E-state index >= 15 is 0 Å². The van der Waals surface area contributed by atoms with Crippen molar-refractivity contribution in [2.75, 3.05) is 19.5 Å². The van der Waals surface area contributed by atoms with E-state index in [0.29, 0.717) is 34.5 Å². The van der Waals surface area contributed by atoms with Crippen LogP contribution < -0.4 is 20.5 Å². The molecule has 0 amide bonds. The van der Waals surface area contributed by atoms with Crippen molar-refractivity contribution >= 4 is 5.88 Å². The van der Waals surface area contributed by atoms with Crippen LogP contribution in [0.15, 0.2) is 34.0 Å². The number of anilines is 1. The zero-order chi connectivity index (χ0) is 16.6. The Kier molecular flexibility index (Phi) is 3.58. The molecule has 0 bridgehead atoms. The first-order chi connectivity index (χ1) is 11.1. The van der Waals surface area contributed by atoms with E-state index in [1.165, 1.54) is 0 Å². The van der Waals surface area contributed by atoms with Gasteiger partial charge in [-0.15, -0.1) is 0 Å². The van der Waals surface area contributed by atoms with Gasteiger partial charge in [0.05, 0.1) is 31.8 Å². The molecule has 1 unspecified atom stereocenters. The summed E-state index contributed by atoms with van der Waals surface area (Å²) in [5, 5.41) is 12.4. The molecule has 1 aliphatic heterocycles. The summed E-state index contributed by atoms with van der Waals surface area (Å²) in [5.74, 6) is 1.99. The maximum atomic E-state index is 9.53. The van der Waals surface area contributed by atoms with E-state index in [4.69, 9.17) is 19.6 Å². The van der Waals surface area contributed by atoms with Crippen molar-refractivity contribution in [2.45, 2.75) is 12.8 Å². The topological polar surface area (TPSA) is 106 Å². The number of benzene rings is 1. The molecule has 2 heterocycles. The summed E-state index contributed by atoms with van der Waals surface area (Å²) < 4.78 is 16.1. The van der Waals surface area contributed by atoms with Crippen molar-refractivity contribution in [1.29, 1.82) is 5.26 Å². The fourth-order valence-electron chi connectivity index (χ4n) is 2.66. The van der Waals surface area contributed by atoms with Gasteiger partial charge in [-0.3, -0.25) is 0 Å². The summed E-state index contributed by atoms with van der Waals surface area (Å²) >= 11 is 0. The van der Waals surface area contributed by atoms with Crippen LogP contribution >= 0.6 is 0 Å². The van der Waals surface area contributed by atoms with Crippen molar-refractivity contribution in [1.82, 2.24) is 4.98 Å². The lowest BCUT2D eigenvalue weighted by atomic mass is 9.86. The summed E-state index contributed by atoms with van der Waals surface area (Å²) in [5.41, 5.74) is 7.76. The first-order valence-electron chi connectivity index (χ1n) is 6.94. The summed E-state index contributed by atoms with van der Waals surface area (Å²) in [4.78, 5) is 4.40. The number of rotatable bonds is 3. The molecule has 1 aromatic heterocycles. The van der Waals surface area contributed by atoms with Gasteiger partial charge in [0, 0.05) is 13.0 Å². The average molecular weight is 312 g/mol. The van der Waals surface area contributed by atoms with E-state index in [1.54, 1.807) is 27.2 Å². The Balaban J connectivity index is 2.22. The third-order valence-corrected chi connectivity index (χ3v) is 3.69. The molecule has 1 atom stereocenters.